The largest absolute Gasteiger partial charge is 0.493 e. The van der Waals surface area contributed by atoms with Gasteiger partial charge in [-0.15, -0.1) is 0 Å². The molecule has 0 unspecified atom stereocenters. The summed E-state index contributed by atoms with van der Waals surface area (Å²) < 4.78 is 15.5. The van der Waals surface area contributed by atoms with Crippen molar-refractivity contribution in [2.24, 2.45) is 0 Å². The SMILES string of the molecule is COc1cc(C(=O)NNC(=O)/C=C/c2cccc([N+](=O)[O-])c2)cc(OC)c1OC. The Bertz CT molecular complexity index is 932. The van der Waals surface area contributed by atoms with Crippen LogP contribution in [0.15, 0.2) is 42.5 Å². The predicted molar refractivity (Wildman–Crippen MR) is 104 cm³/mol. The van der Waals surface area contributed by atoms with Gasteiger partial charge in [-0.25, -0.2) is 0 Å². The quantitative estimate of drug-likeness (QED) is 0.413. The minimum Gasteiger partial charge on any atom is -0.493 e. The molecule has 0 fully saturated rings. The number of benzene rings is 2. The van der Waals surface area contributed by atoms with E-state index in [-0.39, 0.29) is 22.7 Å². The van der Waals surface area contributed by atoms with Gasteiger partial charge in [0, 0.05) is 23.8 Å². The van der Waals surface area contributed by atoms with Crippen LogP contribution in [0.3, 0.4) is 0 Å². The number of hydrogen-bond donors (Lipinski definition) is 2. The number of carbonyl (C=O) groups is 2. The second-order valence-corrected chi connectivity index (χ2v) is 5.54. The normalized spacial score (nSPS) is 10.3. The molecule has 0 aromatic heterocycles. The first-order valence-corrected chi connectivity index (χ1v) is 8.22. The fraction of sp³-hybridized carbons (Fsp3) is 0.158. The first-order chi connectivity index (χ1) is 13.9. The highest BCUT2D eigenvalue weighted by Crippen LogP contribution is 2.38. The molecule has 10 nitrogen and oxygen atoms in total. The number of nitrogens with zero attached hydrogens (tertiary/aromatic N) is 1. The zero-order chi connectivity index (χ0) is 21.4. The number of nitro groups is 1. The van der Waals surface area contributed by atoms with E-state index in [0.717, 1.165) is 6.08 Å². The second kappa shape index (κ2) is 9.74. The molecule has 0 heterocycles. The maximum absolute atomic E-state index is 12.3. The van der Waals surface area contributed by atoms with E-state index < -0.39 is 16.7 Å². The Morgan fingerprint density at radius 3 is 2.21 bits per heavy atom. The summed E-state index contributed by atoms with van der Waals surface area (Å²) in [6, 6.07) is 8.63. The minimum atomic E-state index is -0.628. The Labute approximate surface area is 166 Å². The minimum absolute atomic E-state index is 0.0942. The Balaban J connectivity index is 2.04. The molecular weight excluding hydrogens is 382 g/mol. The summed E-state index contributed by atoms with van der Waals surface area (Å²) in [5, 5.41) is 10.8. The van der Waals surface area contributed by atoms with Gasteiger partial charge in [-0.3, -0.25) is 30.6 Å². The summed E-state index contributed by atoms with van der Waals surface area (Å²) >= 11 is 0. The average Bonchev–Trinajstić information content (AvgIpc) is 2.74. The van der Waals surface area contributed by atoms with Crippen molar-refractivity contribution in [3.05, 3.63) is 63.7 Å². The van der Waals surface area contributed by atoms with E-state index in [0.29, 0.717) is 11.3 Å². The molecule has 2 aromatic carbocycles. The lowest BCUT2D eigenvalue weighted by atomic mass is 10.1. The van der Waals surface area contributed by atoms with E-state index in [4.69, 9.17) is 14.2 Å². The molecule has 0 aliphatic heterocycles. The van der Waals surface area contributed by atoms with Crippen molar-refractivity contribution in [1.82, 2.24) is 10.9 Å². The third-order valence-corrected chi connectivity index (χ3v) is 3.73. The van der Waals surface area contributed by atoms with Gasteiger partial charge in [0.25, 0.3) is 17.5 Å². The van der Waals surface area contributed by atoms with Crippen LogP contribution >= 0.6 is 0 Å². The molecule has 2 amide bonds. The highest BCUT2D eigenvalue weighted by Gasteiger charge is 2.17. The second-order valence-electron chi connectivity index (χ2n) is 5.54. The van der Waals surface area contributed by atoms with Gasteiger partial charge < -0.3 is 14.2 Å². The Hall–Kier alpha value is -4.08. The standard InChI is InChI=1S/C19H19N3O7/c1-27-15-10-13(11-16(28-2)18(15)29-3)19(24)21-20-17(23)8-7-12-5-4-6-14(9-12)22(25)26/h4-11H,1-3H3,(H,20,23)(H,21,24)/b8-7+. The van der Waals surface area contributed by atoms with E-state index >= 15 is 0 Å². The van der Waals surface area contributed by atoms with Crippen molar-refractivity contribution in [3.8, 4) is 17.2 Å². The third kappa shape index (κ3) is 5.45. The van der Waals surface area contributed by atoms with Crippen LogP contribution in [0.5, 0.6) is 17.2 Å². The first-order valence-electron chi connectivity index (χ1n) is 8.22. The number of ether oxygens (including phenoxy) is 3. The Morgan fingerprint density at radius 1 is 1.00 bits per heavy atom. The van der Waals surface area contributed by atoms with Gasteiger partial charge in [-0.2, -0.15) is 0 Å². The first kappa shape index (κ1) is 21.2. The van der Waals surface area contributed by atoms with E-state index in [1.807, 2.05) is 0 Å². The summed E-state index contributed by atoms with van der Waals surface area (Å²) in [6.45, 7) is 0. The number of amides is 2. The lowest BCUT2D eigenvalue weighted by molar-refractivity contribution is -0.384. The molecule has 0 atom stereocenters. The molecule has 0 radical (unpaired) electrons. The maximum Gasteiger partial charge on any atom is 0.270 e. The highest BCUT2D eigenvalue weighted by molar-refractivity contribution is 5.98. The molecule has 0 spiro atoms. The zero-order valence-electron chi connectivity index (χ0n) is 15.9. The van der Waals surface area contributed by atoms with E-state index in [1.165, 1.54) is 57.7 Å². The molecule has 0 aliphatic rings. The molecule has 10 heteroatoms. The topological polar surface area (TPSA) is 129 Å². The predicted octanol–water partition coefficient (Wildman–Crippen LogP) is 2.09. The number of nitrogens with one attached hydrogen (secondary N) is 2. The summed E-state index contributed by atoms with van der Waals surface area (Å²) in [7, 11) is 4.27. The Kier molecular flexibility index (Phi) is 7.13. The van der Waals surface area contributed by atoms with Crippen LogP contribution in [0.1, 0.15) is 15.9 Å². The molecular formula is C19H19N3O7. The van der Waals surface area contributed by atoms with Crippen LogP contribution in [-0.4, -0.2) is 38.1 Å². The zero-order valence-corrected chi connectivity index (χ0v) is 15.9. The number of rotatable bonds is 7. The fourth-order valence-electron chi connectivity index (χ4n) is 2.36. The number of non-ortho nitro benzene ring substituents is 1. The van der Waals surface area contributed by atoms with Crippen LogP contribution in [0.2, 0.25) is 0 Å². The van der Waals surface area contributed by atoms with Crippen LogP contribution in [0, 0.1) is 10.1 Å². The van der Waals surface area contributed by atoms with Crippen molar-refractivity contribution < 1.29 is 28.7 Å². The molecule has 0 aliphatic carbocycles. The smallest absolute Gasteiger partial charge is 0.270 e. The van der Waals surface area contributed by atoms with E-state index in [1.54, 1.807) is 6.07 Å². The number of carbonyl (C=O) groups excluding carboxylic acids is 2. The molecule has 2 rings (SSSR count). The van der Waals surface area contributed by atoms with Crippen LogP contribution in [0.4, 0.5) is 5.69 Å². The van der Waals surface area contributed by atoms with Gasteiger partial charge in [0.15, 0.2) is 11.5 Å². The number of nitro benzene ring substituents is 1. The average molecular weight is 401 g/mol. The van der Waals surface area contributed by atoms with Gasteiger partial charge in [-0.05, 0) is 23.8 Å². The number of methoxy groups -OCH3 is 3. The molecule has 0 saturated carbocycles. The molecule has 0 saturated heterocycles. The highest BCUT2D eigenvalue weighted by atomic mass is 16.6. The summed E-state index contributed by atoms with van der Waals surface area (Å²) in [6.07, 6.45) is 2.52. The maximum atomic E-state index is 12.3. The summed E-state index contributed by atoms with van der Waals surface area (Å²) in [4.78, 5) is 34.4. The monoisotopic (exact) mass is 401 g/mol. The van der Waals surface area contributed by atoms with E-state index in [2.05, 4.69) is 10.9 Å². The van der Waals surface area contributed by atoms with Crippen LogP contribution < -0.4 is 25.1 Å². The summed E-state index contributed by atoms with van der Waals surface area (Å²) in [5.74, 6) is -0.336. The van der Waals surface area contributed by atoms with Crippen LogP contribution in [-0.2, 0) is 4.79 Å². The molecule has 29 heavy (non-hydrogen) atoms. The lowest BCUT2D eigenvalue weighted by Gasteiger charge is -2.14. The number of hydrogen-bond acceptors (Lipinski definition) is 7. The third-order valence-electron chi connectivity index (χ3n) is 3.73. The summed E-state index contributed by atoms with van der Waals surface area (Å²) in [5.41, 5.74) is 5.01. The molecule has 0 bridgehead atoms. The number of hydrazine groups is 1. The van der Waals surface area contributed by atoms with Crippen molar-refractivity contribution >= 4 is 23.6 Å². The van der Waals surface area contributed by atoms with Gasteiger partial charge >= 0.3 is 0 Å². The van der Waals surface area contributed by atoms with Gasteiger partial charge in [0.1, 0.15) is 0 Å². The Morgan fingerprint density at radius 2 is 1.66 bits per heavy atom. The molecule has 152 valence electrons. The molecule has 2 N–H and O–H groups in total. The van der Waals surface area contributed by atoms with Crippen molar-refractivity contribution in [2.45, 2.75) is 0 Å². The van der Waals surface area contributed by atoms with Crippen molar-refractivity contribution in [1.29, 1.82) is 0 Å². The van der Waals surface area contributed by atoms with Crippen molar-refractivity contribution in [3.63, 3.8) is 0 Å². The molecule has 2 aromatic rings. The van der Waals surface area contributed by atoms with Crippen LogP contribution in [0.25, 0.3) is 6.08 Å². The van der Waals surface area contributed by atoms with Gasteiger partial charge in [0.05, 0.1) is 26.3 Å². The van der Waals surface area contributed by atoms with E-state index in [9.17, 15) is 19.7 Å². The van der Waals surface area contributed by atoms with Crippen molar-refractivity contribution in [2.75, 3.05) is 21.3 Å². The van der Waals surface area contributed by atoms with Gasteiger partial charge in [0.2, 0.25) is 5.75 Å². The fourth-order valence-corrected chi connectivity index (χ4v) is 2.36. The lowest BCUT2D eigenvalue weighted by Crippen LogP contribution is -2.40. The van der Waals surface area contributed by atoms with Gasteiger partial charge in [-0.1, -0.05) is 12.1 Å².